The molecule has 0 aliphatic heterocycles. The first-order valence-corrected chi connectivity index (χ1v) is 10.4. The van der Waals surface area contributed by atoms with Crippen LogP contribution >= 0.6 is 0 Å². The van der Waals surface area contributed by atoms with E-state index in [4.69, 9.17) is 5.11 Å². The molecule has 0 heterocycles. The van der Waals surface area contributed by atoms with Gasteiger partial charge in [-0.3, -0.25) is 4.79 Å². The van der Waals surface area contributed by atoms with Crippen LogP contribution in [0.25, 0.3) is 0 Å². The van der Waals surface area contributed by atoms with Crippen LogP contribution in [0.15, 0.2) is 11.6 Å². The average Bonchev–Trinajstić information content (AvgIpc) is 2.96. The van der Waals surface area contributed by atoms with E-state index in [0.29, 0.717) is 6.42 Å². The van der Waals surface area contributed by atoms with E-state index in [0.717, 1.165) is 30.6 Å². The number of carboxylic acid groups (broad SMARTS) is 1. The molecule has 0 spiro atoms. The summed E-state index contributed by atoms with van der Waals surface area (Å²) in [4.78, 5) is 10.6. The molecule has 0 radical (unpaired) electrons. The maximum Gasteiger partial charge on any atom is 0.303 e. The quantitative estimate of drug-likeness (QED) is 0.290. The molecule has 1 rings (SSSR count). The Hall–Kier alpha value is -0.790. The SMILES string of the molecule is CCCCC(C)CCC=C1CCC[C@@H]1CC(C)CCCCC(=O)O. The molecule has 3 atom stereocenters. The third-order valence-electron chi connectivity index (χ3n) is 5.68. The fourth-order valence-corrected chi connectivity index (χ4v) is 4.10. The van der Waals surface area contributed by atoms with Crippen molar-refractivity contribution in [2.75, 3.05) is 0 Å². The molecule has 0 aromatic rings. The van der Waals surface area contributed by atoms with Gasteiger partial charge in [-0.1, -0.05) is 64.5 Å². The number of rotatable bonds is 13. The number of allylic oxidation sites excluding steroid dienone is 2. The number of hydrogen-bond donors (Lipinski definition) is 1. The van der Waals surface area contributed by atoms with Crippen LogP contribution in [0.1, 0.15) is 104 Å². The Kier molecular flexibility index (Phi) is 11.1. The van der Waals surface area contributed by atoms with E-state index in [1.807, 2.05) is 0 Å². The van der Waals surface area contributed by atoms with Crippen LogP contribution in [-0.2, 0) is 4.79 Å². The lowest BCUT2D eigenvalue weighted by molar-refractivity contribution is -0.137. The highest BCUT2D eigenvalue weighted by molar-refractivity contribution is 5.66. The fraction of sp³-hybridized carbons (Fsp3) is 0.864. The lowest BCUT2D eigenvalue weighted by atomic mass is 9.87. The summed E-state index contributed by atoms with van der Waals surface area (Å²) >= 11 is 0. The second-order valence-electron chi connectivity index (χ2n) is 8.17. The lowest BCUT2D eigenvalue weighted by Gasteiger charge is -2.18. The highest BCUT2D eigenvalue weighted by Crippen LogP contribution is 2.37. The van der Waals surface area contributed by atoms with Gasteiger partial charge in [-0.25, -0.2) is 0 Å². The summed E-state index contributed by atoms with van der Waals surface area (Å²) in [5.41, 5.74) is 1.73. The van der Waals surface area contributed by atoms with Gasteiger partial charge in [0.15, 0.2) is 0 Å². The molecular weight excluding hydrogens is 296 g/mol. The monoisotopic (exact) mass is 336 g/mol. The molecule has 1 N–H and O–H groups in total. The molecule has 0 aromatic heterocycles. The Bertz CT molecular complexity index is 372. The summed E-state index contributed by atoms with van der Waals surface area (Å²) in [7, 11) is 0. The predicted octanol–water partition coefficient (Wildman–Crippen LogP) is 6.99. The molecule has 140 valence electrons. The van der Waals surface area contributed by atoms with Crippen molar-refractivity contribution in [3.05, 3.63) is 11.6 Å². The van der Waals surface area contributed by atoms with Crippen LogP contribution in [0.2, 0.25) is 0 Å². The molecule has 1 saturated carbocycles. The Morgan fingerprint density at radius 3 is 2.62 bits per heavy atom. The highest BCUT2D eigenvalue weighted by atomic mass is 16.4. The minimum Gasteiger partial charge on any atom is -0.481 e. The van der Waals surface area contributed by atoms with Crippen molar-refractivity contribution < 1.29 is 9.90 Å². The minimum atomic E-state index is -0.656. The van der Waals surface area contributed by atoms with E-state index in [2.05, 4.69) is 26.8 Å². The largest absolute Gasteiger partial charge is 0.481 e. The van der Waals surface area contributed by atoms with Gasteiger partial charge >= 0.3 is 5.97 Å². The number of carbonyl (C=O) groups is 1. The van der Waals surface area contributed by atoms with E-state index in [-0.39, 0.29) is 0 Å². The van der Waals surface area contributed by atoms with Crippen LogP contribution in [-0.4, -0.2) is 11.1 Å². The molecule has 1 aliphatic rings. The Morgan fingerprint density at radius 1 is 1.17 bits per heavy atom. The first kappa shape index (κ1) is 21.3. The van der Waals surface area contributed by atoms with Crippen molar-refractivity contribution in [2.24, 2.45) is 17.8 Å². The van der Waals surface area contributed by atoms with Gasteiger partial charge in [0.05, 0.1) is 0 Å². The van der Waals surface area contributed by atoms with Crippen molar-refractivity contribution >= 4 is 5.97 Å². The molecular formula is C22H40O2. The molecule has 1 fully saturated rings. The molecule has 1 aliphatic carbocycles. The Balaban J connectivity index is 2.26. The number of carboxylic acids is 1. The zero-order valence-corrected chi connectivity index (χ0v) is 16.4. The number of unbranched alkanes of at least 4 members (excludes halogenated alkanes) is 2. The lowest BCUT2D eigenvalue weighted by Crippen LogP contribution is -2.06. The topological polar surface area (TPSA) is 37.3 Å². The van der Waals surface area contributed by atoms with Crippen molar-refractivity contribution in [3.63, 3.8) is 0 Å². The molecule has 2 heteroatoms. The highest BCUT2D eigenvalue weighted by Gasteiger charge is 2.22. The Morgan fingerprint density at radius 2 is 1.92 bits per heavy atom. The fourth-order valence-electron chi connectivity index (χ4n) is 4.10. The van der Waals surface area contributed by atoms with Gasteiger partial charge in [0, 0.05) is 6.42 Å². The van der Waals surface area contributed by atoms with Gasteiger partial charge in [-0.15, -0.1) is 0 Å². The minimum absolute atomic E-state index is 0.331. The summed E-state index contributed by atoms with van der Waals surface area (Å²) in [5, 5.41) is 8.70. The van der Waals surface area contributed by atoms with E-state index in [1.54, 1.807) is 5.57 Å². The van der Waals surface area contributed by atoms with E-state index >= 15 is 0 Å². The van der Waals surface area contributed by atoms with Crippen LogP contribution < -0.4 is 0 Å². The maximum atomic E-state index is 10.6. The van der Waals surface area contributed by atoms with Crippen molar-refractivity contribution in [1.82, 2.24) is 0 Å². The smallest absolute Gasteiger partial charge is 0.303 e. The van der Waals surface area contributed by atoms with Crippen LogP contribution in [0, 0.1) is 17.8 Å². The Labute approximate surface area is 150 Å². The van der Waals surface area contributed by atoms with E-state index in [1.165, 1.54) is 64.2 Å². The second-order valence-corrected chi connectivity index (χ2v) is 8.17. The summed E-state index contributed by atoms with van der Waals surface area (Å²) in [6.45, 7) is 7.03. The van der Waals surface area contributed by atoms with Crippen molar-refractivity contribution in [1.29, 1.82) is 0 Å². The predicted molar refractivity (Wildman–Crippen MR) is 103 cm³/mol. The molecule has 24 heavy (non-hydrogen) atoms. The zero-order chi connectivity index (χ0) is 17.8. The second kappa shape index (κ2) is 12.6. The molecule has 2 unspecified atom stereocenters. The molecule has 2 nitrogen and oxygen atoms in total. The first-order valence-electron chi connectivity index (χ1n) is 10.4. The molecule has 0 bridgehead atoms. The van der Waals surface area contributed by atoms with Gasteiger partial charge in [0.2, 0.25) is 0 Å². The number of aliphatic carboxylic acids is 1. The summed E-state index contributed by atoms with van der Waals surface area (Å²) in [6.07, 6.45) is 18.0. The summed E-state index contributed by atoms with van der Waals surface area (Å²) in [5.74, 6) is 1.76. The molecule has 0 aromatic carbocycles. The average molecular weight is 337 g/mol. The summed E-state index contributed by atoms with van der Waals surface area (Å²) in [6, 6.07) is 0. The van der Waals surface area contributed by atoms with Crippen molar-refractivity contribution in [3.8, 4) is 0 Å². The normalized spacial score (nSPS) is 22.0. The number of hydrogen-bond acceptors (Lipinski definition) is 1. The van der Waals surface area contributed by atoms with E-state index < -0.39 is 5.97 Å². The van der Waals surface area contributed by atoms with Gasteiger partial charge in [-0.2, -0.15) is 0 Å². The van der Waals surface area contributed by atoms with Gasteiger partial charge in [0.1, 0.15) is 0 Å². The maximum absolute atomic E-state index is 10.6. The van der Waals surface area contributed by atoms with Crippen molar-refractivity contribution in [2.45, 2.75) is 104 Å². The van der Waals surface area contributed by atoms with Gasteiger partial charge in [-0.05, 0) is 62.7 Å². The van der Waals surface area contributed by atoms with Crippen LogP contribution in [0.3, 0.4) is 0 Å². The zero-order valence-electron chi connectivity index (χ0n) is 16.4. The molecule has 0 saturated heterocycles. The van der Waals surface area contributed by atoms with E-state index in [9.17, 15) is 4.79 Å². The van der Waals surface area contributed by atoms with Gasteiger partial charge in [0.25, 0.3) is 0 Å². The standard InChI is InChI=1S/C22H40O2/c1-4-5-10-18(2)12-8-13-20-14-9-15-21(20)17-19(3)11-6-7-16-22(23)24/h13,18-19,21H,4-12,14-17H2,1-3H3,(H,23,24)/t18?,19?,21-/m1/s1. The molecule has 0 amide bonds. The summed E-state index contributed by atoms with van der Waals surface area (Å²) < 4.78 is 0. The third-order valence-corrected chi connectivity index (χ3v) is 5.68. The third kappa shape index (κ3) is 9.49. The first-order chi connectivity index (χ1) is 11.5. The van der Waals surface area contributed by atoms with Gasteiger partial charge < -0.3 is 5.11 Å². The van der Waals surface area contributed by atoms with Crippen LogP contribution in [0.4, 0.5) is 0 Å². The van der Waals surface area contributed by atoms with Crippen LogP contribution in [0.5, 0.6) is 0 Å².